The van der Waals surface area contributed by atoms with Crippen LogP contribution in [0.1, 0.15) is 55.1 Å². The van der Waals surface area contributed by atoms with Crippen molar-refractivity contribution in [2.24, 2.45) is 4.99 Å². The summed E-state index contributed by atoms with van der Waals surface area (Å²) >= 11 is 0. The van der Waals surface area contributed by atoms with Crippen molar-refractivity contribution in [3.63, 3.8) is 0 Å². The molecule has 0 radical (unpaired) electrons. The molecule has 0 fully saturated rings. The van der Waals surface area contributed by atoms with Crippen molar-refractivity contribution in [1.29, 1.82) is 0 Å². The molecule has 0 aliphatic heterocycles. The van der Waals surface area contributed by atoms with Crippen LogP contribution in [-0.2, 0) is 13.1 Å². The molecule has 2 aromatic heterocycles. The highest BCUT2D eigenvalue weighted by Gasteiger charge is 2.13. The largest absolute Gasteiger partial charge is 0.359 e. The number of aryl methyl sites for hydroxylation is 1. The van der Waals surface area contributed by atoms with Gasteiger partial charge in [0.1, 0.15) is 0 Å². The highest BCUT2D eigenvalue weighted by molar-refractivity contribution is 5.79. The summed E-state index contributed by atoms with van der Waals surface area (Å²) in [6, 6.07) is 12.1. The molecule has 2 heterocycles. The third kappa shape index (κ3) is 5.04. The van der Waals surface area contributed by atoms with Crippen LogP contribution in [0.3, 0.4) is 0 Å². The lowest BCUT2D eigenvalue weighted by Crippen LogP contribution is -2.36. The highest BCUT2D eigenvalue weighted by Crippen LogP contribution is 2.18. The van der Waals surface area contributed by atoms with Crippen molar-refractivity contribution in [3.05, 3.63) is 64.8 Å². The number of aromatic nitrogens is 3. The van der Waals surface area contributed by atoms with Crippen LogP contribution in [0.2, 0.25) is 0 Å². The molecule has 0 aliphatic carbocycles. The molecule has 0 unspecified atom stereocenters. The first kappa shape index (κ1) is 20.6. The first-order chi connectivity index (χ1) is 14.0. The predicted octanol–water partition coefficient (Wildman–Crippen LogP) is 3.86. The maximum absolute atomic E-state index is 5.40. The van der Waals surface area contributed by atoms with Gasteiger partial charge in [-0.05, 0) is 38.8 Å². The molecule has 1 aromatic carbocycles. The fraction of sp³-hybridized carbons (Fsp3) is 0.409. The number of hydrogen-bond donors (Lipinski definition) is 2. The summed E-state index contributed by atoms with van der Waals surface area (Å²) in [7, 11) is 0. The molecule has 0 amide bonds. The second-order valence-electron chi connectivity index (χ2n) is 7.32. The van der Waals surface area contributed by atoms with Gasteiger partial charge in [0.2, 0.25) is 0 Å². The van der Waals surface area contributed by atoms with Crippen molar-refractivity contribution in [2.75, 3.05) is 6.54 Å². The zero-order chi connectivity index (χ0) is 20.8. The molecular formula is C22H30N6O. The summed E-state index contributed by atoms with van der Waals surface area (Å²) in [5.74, 6) is 1.88. The lowest BCUT2D eigenvalue weighted by molar-refractivity contribution is 0.372. The van der Waals surface area contributed by atoms with Crippen LogP contribution in [0.15, 0.2) is 45.9 Å². The molecule has 0 saturated heterocycles. The molecule has 154 valence electrons. The average molecular weight is 395 g/mol. The monoisotopic (exact) mass is 394 g/mol. The molecule has 3 rings (SSSR count). The molecule has 2 N–H and O–H groups in total. The van der Waals surface area contributed by atoms with Gasteiger partial charge in [0.25, 0.3) is 0 Å². The Morgan fingerprint density at radius 1 is 1.17 bits per heavy atom. The third-order valence-corrected chi connectivity index (χ3v) is 4.78. The zero-order valence-electron chi connectivity index (χ0n) is 17.9. The van der Waals surface area contributed by atoms with E-state index in [2.05, 4.69) is 48.7 Å². The molecule has 29 heavy (non-hydrogen) atoms. The van der Waals surface area contributed by atoms with Crippen molar-refractivity contribution < 1.29 is 4.52 Å². The van der Waals surface area contributed by atoms with Gasteiger partial charge >= 0.3 is 0 Å². The fourth-order valence-electron chi connectivity index (χ4n) is 3.08. The van der Waals surface area contributed by atoms with E-state index in [0.29, 0.717) is 19.0 Å². The van der Waals surface area contributed by atoms with Gasteiger partial charge < -0.3 is 15.2 Å². The summed E-state index contributed by atoms with van der Waals surface area (Å²) in [6.45, 7) is 12.2. The van der Waals surface area contributed by atoms with Gasteiger partial charge in [-0.25, -0.2) is 9.67 Å². The van der Waals surface area contributed by atoms with Crippen LogP contribution in [0.5, 0.6) is 0 Å². The van der Waals surface area contributed by atoms with Crippen molar-refractivity contribution >= 4 is 5.96 Å². The number of nitrogens with zero attached hydrogens (tertiary/aromatic N) is 4. The zero-order valence-corrected chi connectivity index (χ0v) is 17.9. The van der Waals surface area contributed by atoms with Gasteiger partial charge in [-0.2, -0.15) is 5.10 Å². The standard InChI is InChI=1S/C22H30N6O/c1-6-23-22(24-13-19-12-21(15(2)3)27-29-19)25-14-20-16(4)26-28(17(20)5)18-10-8-7-9-11-18/h7-12,15H,6,13-14H2,1-5H3,(H2,23,24,25). The number of aliphatic imine (C=N–C) groups is 1. The molecule has 0 saturated carbocycles. The fourth-order valence-corrected chi connectivity index (χ4v) is 3.08. The summed E-state index contributed by atoms with van der Waals surface area (Å²) < 4.78 is 7.37. The molecule has 3 aromatic rings. The van der Waals surface area contributed by atoms with Crippen molar-refractivity contribution in [1.82, 2.24) is 25.6 Å². The molecule has 0 spiro atoms. The van der Waals surface area contributed by atoms with Crippen molar-refractivity contribution in [2.45, 2.75) is 53.6 Å². The Balaban J connectivity index is 1.72. The van der Waals surface area contributed by atoms with Gasteiger partial charge in [-0.15, -0.1) is 0 Å². The van der Waals surface area contributed by atoms with E-state index in [9.17, 15) is 0 Å². The molecular weight excluding hydrogens is 364 g/mol. The first-order valence-electron chi connectivity index (χ1n) is 10.1. The number of benzene rings is 1. The highest BCUT2D eigenvalue weighted by atomic mass is 16.5. The second-order valence-corrected chi connectivity index (χ2v) is 7.32. The Kier molecular flexibility index (Phi) is 6.69. The SMILES string of the molecule is CCNC(=NCc1c(C)nn(-c2ccccc2)c1C)NCc1cc(C(C)C)no1. The Hall–Kier alpha value is -3.09. The van der Waals surface area contributed by atoms with E-state index in [1.54, 1.807) is 0 Å². The average Bonchev–Trinajstić information content (AvgIpc) is 3.30. The molecule has 0 bridgehead atoms. The minimum atomic E-state index is 0.349. The Morgan fingerprint density at radius 2 is 1.93 bits per heavy atom. The van der Waals surface area contributed by atoms with E-state index in [1.807, 2.05) is 42.8 Å². The van der Waals surface area contributed by atoms with E-state index >= 15 is 0 Å². The molecule has 0 atom stereocenters. The van der Waals surface area contributed by atoms with E-state index in [1.165, 1.54) is 0 Å². The second kappa shape index (κ2) is 9.41. The van der Waals surface area contributed by atoms with Gasteiger partial charge in [-0.1, -0.05) is 37.2 Å². The normalized spacial score (nSPS) is 11.9. The third-order valence-electron chi connectivity index (χ3n) is 4.78. The van der Waals surface area contributed by atoms with Crippen LogP contribution < -0.4 is 10.6 Å². The minimum absolute atomic E-state index is 0.349. The van der Waals surface area contributed by atoms with E-state index < -0.39 is 0 Å². The number of para-hydroxylation sites is 1. The lowest BCUT2D eigenvalue weighted by atomic mass is 10.1. The van der Waals surface area contributed by atoms with Crippen LogP contribution in [0.4, 0.5) is 0 Å². The molecule has 7 heteroatoms. The van der Waals surface area contributed by atoms with Crippen LogP contribution in [0, 0.1) is 13.8 Å². The van der Waals surface area contributed by atoms with Crippen LogP contribution in [0.25, 0.3) is 5.69 Å². The lowest BCUT2D eigenvalue weighted by Gasteiger charge is -2.10. The maximum Gasteiger partial charge on any atom is 0.191 e. The smallest absolute Gasteiger partial charge is 0.191 e. The van der Waals surface area contributed by atoms with Crippen LogP contribution in [-0.4, -0.2) is 27.4 Å². The summed E-state index contributed by atoms with van der Waals surface area (Å²) in [5, 5.41) is 15.4. The maximum atomic E-state index is 5.40. The van der Waals surface area contributed by atoms with Crippen molar-refractivity contribution in [3.8, 4) is 5.69 Å². The van der Waals surface area contributed by atoms with Gasteiger partial charge in [0.05, 0.1) is 30.2 Å². The quantitative estimate of drug-likeness (QED) is 0.470. The van der Waals surface area contributed by atoms with E-state index in [4.69, 9.17) is 14.6 Å². The van der Waals surface area contributed by atoms with Gasteiger partial charge in [0, 0.05) is 23.9 Å². The molecule has 7 nitrogen and oxygen atoms in total. The number of rotatable bonds is 7. The number of hydrogen-bond acceptors (Lipinski definition) is 4. The number of nitrogens with one attached hydrogen (secondary N) is 2. The Bertz CT molecular complexity index is 955. The molecule has 0 aliphatic rings. The van der Waals surface area contributed by atoms with Crippen LogP contribution >= 0.6 is 0 Å². The summed E-state index contributed by atoms with van der Waals surface area (Å²) in [5.41, 5.74) is 5.24. The van der Waals surface area contributed by atoms with Gasteiger partial charge in [-0.3, -0.25) is 0 Å². The topological polar surface area (TPSA) is 80.3 Å². The first-order valence-corrected chi connectivity index (χ1v) is 10.1. The summed E-state index contributed by atoms with van der Waals surface area (Å²) in [4.78, 5) is 4.75. The van der Waals surface area contributed by atoms with E-state index in [-0.39, 0.29) is 0 Å². The predicted molar refractivity (Wildman–Crippen MR) is 115 cm³/mol. The Morgan fingerprint density at radius 3 is 2.59 bits per heavy atom. The minimum Gasteiger partial charge on any atom is -0.359 e. The summed E-state index contributed by atoms with van der Waals surface area (Å²) in [6.07, 6.45) is 0. The van der Waals surface area contributed by atoms with E-state index in [0.717, 1.165) is 46.6 Å². The Labute approximate surface area is 172 Å². The van der Waals surface area contributed by atoms with Gasteiger partial charge in [0.15, 0.2) is 11.7 Å². The number of guanidine groups is 1.